The highest BCUT2D eigenvalue weighted by Crippen LogP contribution is 2.19. The molecule has 60 valence electrons. The molecule has 1 atom stereocenters. The predicted molar refractivity (Wildman–Crippen MR) is 36.7 cm³/mol. The van der Waals surface area contributed by atoms with Crippen molar-refractivity contribution in [3.8, 4) is 0 Å². The Balaban J connectivity index is 2.41. The van der Waals surface area contributed by atoms with Crippen LogP contribution in [-0.2, 0) is 4.74 Å². The summed E-state index contributed by atoms with van der Waals surface area (Å²) in [6, 6.07) is 0. The number of ether oxygens (including phenoxy) is 1. The van der Waals surface area contributed by atoms with E-state index in [9.17, 15) is 5.11 Å². The van der Waals surface area contributed by atoms with Gasteiger partial charge in [0, 0.05) is 19.6 Å². The van der Waals surface area contributed by atoms with Crippen LogP contribution in [0.2, 0.25) is 0 Å². The second-order valence-electron chi connectivity index (χ2n) is 2.85. The van der Waals surface area contributed by atoms with Gasteiger partial charge in [-0.1, -0.05) is 0 Å². The summed E-state index contributed by atoms with van der Waals surface area (Å²) in [4.78, 5) is 0. The number of aliphatic hydroxyl groups excluding tert-OH is 1. The number of aliphatic hydroxyl groups is 2. The summed E-state index contributed by atoms with van der Waals surface area (Å²) in [5.41, 5.74) is -0.865. The van der Waals surface area contributed by atoms with Crippen molar-refractivity contribution in [3.63, 3.8) is 0 Å². The molecule has 3 heteroatoms. The third-order valence-electron chi connectivity index (χ3n) is 1.94. The van der Waals surface area contributed by atoms with E-state index < -0.39 is 5.60 Å². The molecule has 1 aliphatic rings. The Morgan fingerprint density at radius 3 is 2.80 bits per heavy atom. The van der Waals surface area contributed by atoms with E-state index in [-0.39, 0.29) is 6.61 Å². The minimum Gasteiger partial charge on any atom is -0.393 e. The largest absolute Gasteiger partial charge is 0.393 e. The monoisotopic (exact) mass is 146 g/mol. The molecule has 0 aromatic heterocycles. The highest BCUT2D eigenvalue weighted by atomic mass is 16.5. The molecule has 0 aromatic carbocycles. The molecule has 0 radical (unpaired) electrons. The van der Waals surface area contributed by atoms with Crippen molar-refractivity contribution in [3.05, 3.63) is 0 Å². The zero-order valence-electron chi connectivity index (χ0n) is 6.05. The van der Waals surface area contributed by atoms with Gasteiger partial charge in [0.15, 0.2) is 0 Å². The molecule has 1 heterocycles. The molecule has 1 aliphatic heterocycles. The molecule has 3 nitrogen and oxygen atoms in total. The van der Waals surface area contributed by atoms with Gasteiger partial charge in [-0.15, -0.1) is 0 Å². The summed E-state index contributed by atoms with van der Waals surface area (Å²) in [6.07, 6.45) is 2.06. The Kier molecular flexibility index (Phi) is 2.65. The van der Waals surface area contributed by atoms with E-state index in [1.54, 1.807) is 0 Å². The number of rotatable bonds is 1. The van der Waals surface area contributed by atoms with Crippen LogP contribution in [0.4, 0.5) is 0 Å². The Morgan fingerprint density at radius 2 is 2.10 bits per heavy atom. The first-order chi connectivity index (χ1) is 4.77. The lowest BCUT2D eigenvalue weighted by molar-refractivity contribution is -0.0292. The summed E-state index contributed by atoms with van der Waals surface area (Å²) in [6.45, 7) is 1.13. The van der Waals surface area contributed by atoms with Crippen LogP contribution >= 0.6 is 0 Å². The molecule has 2 N–H and O–H groups in total. The van der Waals surface area contributed by atoms with E-state index in [0.717, 1.165) is 6.42 Å². The molecule has 0 bridgehead atoms. The van der Waals surface area contributed by atoms with Crippen LogP contribution in [0, 0.1) is 0 Å². The normalized spacial score (nSPS) is 35.4. The van der Waals surface area contributed by atoms with Crippen LogP contribution in [-0.4, -0.2) is 35.6 Å². The van der Waals surface area contributed by atoms with Crippen molar-refractivity contribution >= 4 is 0 Å². The fourth-order valence-corrected chi connectivity index (χ4v) is 1.15. The molecular formula is C7H14O3. The summed E-state index contributed by atoms with van der Waals surface area (Å²) in [5.74, 6) is 0. The minimum absolute atomic E-state index is 0.143. The summed E-state index contributed by atoms with van der Waals surface area (Å²) in [7, 11) is 0. The quantitative estimate of drug-likeness (QED) is 0.543. The molecule has 0 amide bonds. The van der Waals surface area contributed by atoms with Gasteiger partial charge in [-0.2, -0.15) is 0 Å². The van der Waals surface area contributed by atoms with Crippen molar-refractivity contribution in [2.24, 2.45) is 0 Å². The van der Waals surface area contributed by atoms with E-state index in [0.29, 0.717) is 26.1 Å². The second-order valence-corrected chi connectivity index (χ2v) is 2.85. The van der Waals surface area contributed by atoms with E-state index >= 15 is 0 Å². The zero-order valence-corrected chi connectivity index (χ0v) is 6.05. The summed E-state index contributed by atoms with van der Waals surface area (Å²) in [5, 5.41) is 18.3. The van der Waals surface area contributed by atoms with Crippen LogP contribution in [0.1, 0.15) is 19.3 Å². The molecule has 10 heavy (non-hydrogen) atoms. The fraction of sp³-hybridized carbons (Fsp3) is 1.00. The van der Waals surface area contributed by atoms with E-state index in [1.807, 2.05) is 0 Å². The molecule has 0 aliphatic carbocycles. The Bertz CT molecular complexity index is 95.0. The van der Waals surface area contributed by atoms with Gasteiger partial charge in [-0.05, 0) is 12.8 Å². The topological polar surface area (TPSA) is 49.7 Å². The molecular weight excluding hydrogens is 132 g/mol. The van der Waals surface area contributed by atoms with Crippen LogP contribution in [0.5, 0.6) is 0 Å². The van der Waals surface area contributed by atoms with Gasteiger partial charge in [0.25, 0.3) is 0 Å². The van der Waals surface area contributed by atoms with Gasteiger partial charge in [0.2, 0.25) is 0 Å². The highest BCUT2D eigenvalue weighted by Gasteiger charge is 2.26. The third kappa shape index (κ3) is 1.94. The van der Waals surface area contributed by atoms with Crippen molar-refractivity contribution < 1.29 is 14.9 Å². The molecule has 1 fully saturated rings. The number of hydrogen-bond donors (Lipinski definition) is 2. The fourth-order valence-electron chi connectivity index (χ4n) is 1.15. The lowest BCUT2D eigenvalue weighted by atomic mass is 9.96. The maximum Gasteiger partial charge on any atom is 0.0900 e. The predicted octanol–water partition coefficient (Wildman–Crippen LogP) is -0.0897. The van der Waals surface area contributed by atoms with Gasteiger partial charge in [0.05, 0.1) is 12.2 Å². The molecule has 0 unspecified atom stereocenters. The van der Waals surface area contributed by atoms with Crippen LogP contribution in [0.15, 0.2) is 0 Å². The van der Waals surface area contributed by atoms with Crippen molar-refractivity contribution in [2.45, 2.75) is 24.9 Å². The minimum atomic E-state index is -0.865. The van der Waals surface area contributed by atoms with Gasteiger partial charge in [-0.3, -0.25) is 0 Å². The molecule has 0 spiro atoms. The first kappa shape index (κ1) is 7.98. The van der Waals surface area contributed by atoms with Crippen LogP contribution in [0.3, 0.4) is 0 Å². The number of hydrogen-bond acceptors (Lipinski definition) is 3. The van der Waals surface area contributed by atoms with Crippen LogP contribution in [0.25, 0.3) is 0 Å². The Morgan fingerprint density at radius 1 is 1.30 bits per heavy atom. The van der Waals surface area contributed by atoms with E-state index in [1.165, 1.54) is 0 Å². The SMILES string of the molecule is OC[C@]1(O)CCCOCC1. The summed E-state index contributed by atoms with van der Waals surface area (Å²) < 4.78 is 5.12. The van der Waals surface area contributed by atoms with Gasteiger partial charge in [-0.25, -0.2) is 0 Å². The average Bonchev–Trinajstić information content (AvgIpc) is 2.15. The Hall–Kier alpha value is -0.120. The van der Waals surface area contributed by atoms with E-state index in [2.05, 4.69) is 0 Å². The first-order valence-electron chi connectivity index (χ1n) is 3.68. The van der Waals surface area contributed by atoms with E-state index in [4.69, 9.17) is 9.84 Å². The van der Waals surface area contributed by atoms with Crippen molar-refractivity contribution in [1.29, 1.82) is 0 Å². The van der Waals surface area contributed by atoms with Gasteiger partial charge < -0.3 is 14.9 Å². The second kappa shape index (κ2) is 3.32. The summed E-state index contributed by atoms with van der Waals surface area (Å²) >= 11 is 0. The standard InChI is InChI=1S/C7H14O3/c8-6-7(9)2-1-4-10-5-3-7/h8-9H,1-6H2/t7-/m0/s1. The maximum absolute atomic E-state index is 9.53. The lowest BCUT2D eigenvalue weighted by Crippen LogP contribution is -2.33. The van der Waals surface area contributed by atoms with Crippen molar-refractivity contribution in [1.82, 2.24) is 0 Å². The van der Waals surface area contributed by atoms with Gasteiger partial charge >= 0.3 is 0 Å². The highest BCUT2D eigenvalue weighted by molar-refractivity contribution is 4.78. The van der Waals surface area contributed by atoms with Crippen LogP contribution < -0.4 is 0 Å². The molecule has 0 saturated carbocycles. The Labute approximate surface area is 60.6 Å². The third-order valence-corrected chi connectivity index (χ3v) is 1.94. The van der Waals surface area contributed by atoms with Gasteiger partial charge in [0.1, 0.15) is 0 Å². The maximum atomic E-state index is 9.53. The molecule has 0 aromatic rings. The molecule has 1 saturated heterocycles. The average molecular weight is 146 g/mol. The van der Waals surface area contributed by atoms with Crippen molar-refractivity contribution in [2.75, 3.05) is 19.8 Å². The first-order valence-corrected chi connectivity index (χ1v) is 3.68. The zero-order chi connectivity index (χ0) is 7.45. The smallest absolute Gasteiger partial charge is 0.0900 e. The lowest BCUT2D eigenvalue weighted by Gasteiger charge is -2.22. The molecule has 1 rings (SSSR count).